The monoisotopic (exact) mass is 266 g/mol. The third-order valence-electron chi connectivity index (χ3n) is 2.38. The molecule has 0 bridgehead atoms. The van der Waals surface area contributed by atoms with E-state index in [4.69, 9.17) is 5.11 Å². The summed E-state index contributed by atoms with van der Waals surface area (Å²) in [6.45, 7) is 6.75. The van der Waals surface area contributed by atoms with Crippen LogP contribution in [0.25, 0.3) is 0 Å². The zero-order valence-corrected chi connectivity index (χ0v) is 11.2. The second-order valence-corrected chi connectivity index (χ2v) is 5.93. The van der Waals surface area contributed by atoms with Crippen molar-refractivity contribution in [1.82, 2.24) is 20.0 Å². The van der Waals surface area contributed by atoms with Crippen LogP contribution in [0.4, 0.5) is 0 Å². The van der Waals surface area contributed by atoms with Crippen LogP contribution in [-0.2, 0) is 12.0 Å². The Morgan fingerprint density at radius 3 is 2.72 bits per heavy atom. The van der Waals surface area contributed by atoms with Crippen molar-refractivity contribution in [3.63, 3.8) is 0 Å². The number of carboxylic acid groups (broad SMARTS) is 1. The fourth-order valence-corrected chi connectivity index (χ4v) is 2.35. The summed E-state index contributed by atoms with van der Waals surface area (Å²) in [5.74, 6) is -1.07. The molecule has 18 heavy (non-hydrogen) atoms. The number of aromatic carboxylic acids is 1. The van der Waals surface area contributed by atoms with Gasteiger partial charge < -0.3 is 5.11 Å². The summed E-state index contributed by atoms with van der Waals surface area (Å²) in [6, 6.07) is 0. The lowest BCUT2D eigenvalue weighted by atomic mass is 9.93. The lowest BCUT2D eigenvalue weighted by Gasteiger charge is -2.14. The van der Waals surface area contributed by atoms with Crippen molar-refractivity contribution in [2.45, 2.75) is 32.7 Å². The Morgan fingerprint density at radius 1 is 1.50 bits per heavy atom. The van der Waals surface area contributed by atoms with Crippen LogP contribution in [0.2, 0.25) is 0 Å². The molecule has 0 atom stereocenters. The van der Waals surface area contributed by atoms with Gasteiger partial charge in [-0.2, -0.15) is 0 Å². The molecular weight excluding hydrogens is 252 g/mol. The molecule has 2 heterocycles. The van der Waals surface area contributed by atoms with Crippen LogP contribution in [0, 0.1) is 0 Å². The molecule has 0 aliphatic carbocycles. The Labute approximate surface area is 108 Å². The van der Waals surface area contributed by atoms with Crippen molar-refractivity contribution in [3.8, 4) is 0 Å². The van der Waals surface area contributed by atoms with Crippen molar-refractivity contribution in [3.05, 3.63) is 28.0 Å². The highest BCUT2D eigenvalue weighted by Gasteiger charge is 2.17. The highest BCUT2D eigenvalue weighted by molar-refractivity contribution is 7.09. The molecule has 0 amide bonds. The summed E-state index contributed by atoms with van der Waals surface area (Å²) in [6.07, 6.45) is 1.40. The molecule has 0 aromatic carbocycles. The van der Waals surface area contributed by atoms with Gasteiger partial charge in [0.1, 0.15) is 5.01 Å². The van der Waals surface area contributed by atoms with Gasteiger partial charge in [0, 0.05) is 10.8 Å². The molecule has 6 nitrogen and oxygen atoms in total. The third-order valence-corrected chi connectivity index (χ3v) is 3.21. The Hall–Kier alpha value is -1.76. The molecule has 2 aromatic rings. The number of hydrogen-bond donors (Lipinski definition) is 1. The summed E-state index contributed by atoms with van der Waals surface area (Å²) in [7, 11) is 0. The minimum atomic E-state index is -1.07. The van der Waals surface area contributed by atoms with Crippen LogP contribution in [0.15, 0.2) is 11.6 Å². The third kappa shape index (κ3) is 2.73. The van der Waals surface area contributed by atoms with Gasteiger partial charge in [-0.05, 0) is 0 Å². The van der Waals surface area contributed by atoms with Gasteiger partial charge in [0.05, 0.1) is 18.4 Å². The van der Waals surface area contributed by atoms with Crippen molar-refractivity contribution in [1.29, 1.82) is 0 Å². The molecule has 0 fully saturated rings. The maximum absolute atomic E-state index is 10.7. The Balaban J connectivity index is 2.14. The summed E-state index contributed by atoms with van der Waals surface area (Å²) >= 11 is 1.54. The van der Waals surface area contributed by atoms with Gasteiger partial charge in [0.25, 0.3) is 0 Å². The van der Waals surface area contributed by atoms with Crippen LogP contribution in [-0.4, -0.2) is 31.1 Å². The largest absolute Gasteiger partial charge is 0.476 e. The standard InChI is InChI=1S/C11H14N4O2S/c1-11(2,3)8-6-18-9(12-8)5-15-4-7(10(16)17)13-14-15/h4,6H,5H2,1-3H3,(H,16,17). The predicted octanol–water partition coefficient (Wildman–Crippen LogP) is 1.78. The number of rotatable bonds is 3. The Bertz CT molecular complexity index is 568. The van der Waals surface area contributed by atoms with Crippen LogP contribution in [0.3, 0.4) is 0 Å². The van der Waals surface area contributed by atoms with Gasteiger partial charge >= 0.3 is 5.97 Å². The number of aromatic nitrogens is 4. The van der Waals surface area contributed by atoms with E-state index >= 15 is 0 Å². The topological polar surface area (TPSA) is 80.9 Å². The van der Waals surface area contributed by atoms with Crippen molar-refractivity contribution in [2.75, 3.05) is 0 Å². The quantitative estimate of drug-likeness (QED) is 0.915. The number of carbonyl (C=O) groups is 1. The maximum atomic E-state index is 10.7. The summed E-state index contributed by atoms with van der Waals surface area (Å²) < 4.78 is 1.48. The van der Waals surface area contributed by atoms with E-state index in [1.54, 1.807) is 11.3 Å². The zero-order valence-electron chi connectivity index (χ0n) is 10.4. The lowest BCUT2D eigenvalue weighted by molar-refractivity contribution is 0.0690. The van der Waals surface area contributed by atoms with Crippen LogP contribution < -0.4 is 0 Å². The Kier molecular flexibility index (Phi) is 3.16. The molecule has 2 rings (SSSR count). The first-order valence-electron chi connectivity index (χ1n) is 5.44. The number of hydrogen-bond acceptors (Lipinski definition) is 5. The molecule has 7 heteroatoms. The second kappa shape index (κ2) is 4.49. The van der Waals surface area contributed by atoms with Crippen molar-refractivity contribution in [2.24, 2.45) is 0 Å². The van der Waals surface area contributed by atoms with Crippen molar-refractivity contribution < 1.29 is 9.90 Å². The summed E-state index contributed by atoms with van der Waals surface area (Å²) in [5, 5.41) is 19.0. The van der Waals surface area contributed by atoms with Gasteiger partial charge in [-0.25, -0.2) is 14.5 Å². The van der Waals surface area contributed by atoms with E-state index in [2.05, 4.69) is 36.1 Å². The second-order valence-electron chi connectivity index (χ2n) is 4.98. The number of thiazole rings is 1. The van der Waals surface area contributed by atoms with Gasteiger partial charge in [0.15, 0.2) is 5.69 Å². The minimum Gasteiger partial charge on any atom is -0.476 e. The number of nitrogens with zero attached hydrogens (tertiary/aromatic N) is 4. The van der Waals surface area contributed by atoms with Gasteiger partial charge in [-0.3, -0.25) is 0 Å². The molecule has 0 saturated heterocycles. The average Bonchev–Trinajstić information content (AvgIpc) is 2.85. The highest BCUT2D eigenvalue weighted by Crippen LogP contribution is 2.24. The van der Waals surface area contributed by atoms with E-state index in [0.29, 0.717) is 6.54 Å². The highest BCUT2D eigenvalue weighted by atomic mass is 32.1. The average molecular weight is 266 g/mol. The van der Waals surface area contributed by atoms with Crippen LogP contribution in [0.5, 0.6) is 0 Å². The normalized spacial score (nSPS) is 11.7. The fourth-order valence-electron chi connectivity index (χ4n) is 1.34. The SMILES string of the molecule is CC(C)(C)c1csc(Cn2cc(C(=O)O)nn2)n1. The molecule has 96 valence electrons. The van der Waals surface area contributed by atoms with Gasteiger partial charge in [-0.1, -0.05) is 26.0 Å². The van der Waals surface area contributed by atoms with Gasteiger partial charge in [0.2, 0.25) is 0 Å². The summed E-state index contributed by atoms with van der Waals surface area (Å²) in [5.41, 5.74) is 0.993. The molecule has 0 saturated carbocycles. The van der Waals surface area contributed by atoms with E-state index in [1.165, 1.54) is 10.9 Å². The van der Waals surface area contributed by atoms with E-state index in [9.17, 15) is 4.79 Å². The fraction of sp³-hybridized carbons (Fsp3) is 0.455. The molecule has 0 radical (unpaired) electrons. The maximum Gasteiger partial charge on any atom is 0.358 e. The van der Waals surface area contributed by atoms with E-state index in [1.807, 2.05) is 5.38 Å². The smallest absolute Gasteiger partial charge is 0.358 e. The Morgan fingerprint density at radius 2 is 2.22 bits per heavy atom. The first kappa shape index (κ1) is 12.7. The lowest BCUT2D eigenvalue weighted by Crippen LogP contribution is -2.12. The molecule has 0 aliphatic rings. The predicted molar refractivity (Wildman–Crippen MR) is 66.9 cm³/mol. The molecule has 2 aromatic heterocycles. The number of carboxylic acids is 1. The summed E-state index contributed by atoms with van der Waals surface area (Å²) in [4.78, 5) is 15.2. The first-order valence-corrected chi connectivity index (χ1v) is 6.32. The van der Waals surface area contributed by atoms with E-state index in [-0.39, 0.29) is 11.1 Å². The van der Waals surface area contributed by atoms with E-state index < -0.39 is 5.97 Å². The van der Waals surface area contributed by atoms with Gasteiger partial charge in [-0.15, -0.1) is 16.4 Å². The molecule has 0 spiro atoms. The molecule has 0 unspecified atom stereocenters. The minimum absolute atomic E-state index is 0.0172. The molecular formula is C11H14N4O2S. The molecule has 1 N–H and O–H groups in total. The van der Waals surface area contributed by atoms with Crippen LogP contribution >= 0.6 is 11.3 Å². The first-order chi connectivity index (χ1) is 8.36. The van der Waals surface area contributed by atoms with Crippen LogP contribution in [0.1, 0.15) is 42.0 Å². The zero-order chi connectivity index (χ0) is 13.3. The van der Waals surface area contributed by atoms with Crippen molar-refractivity contribution >= 4 is 17.3 Å². The molecule has 0 aliphatic heterocycles. The van der Waals surface area contributed by atoms with E-state index in [0.717, 1.165) is 10.7 Å².